The van der Waals surface area contributed by atoms with Crippen LogP contribution >= 0.6 is 0 Å². The summed E-state index contributed by atoms with van der Waals surface area (Å²) in [5, 5.41) is 7.56. The van der Waals surface area contributed by atoms with E-state index in [1.807, 2.05) is 18.3 Å². The molecular formula is C21H31N3O3. The van der Waals surface area contributed by atoms with Crippen molar-refractivity contribution in [2.45, 2.75) is 45.1 Å². The lowest BCUT2D eigenvalue weighted by molar-refractivity contribution is 0.193. The topological polar surface area (TPSA) is 59.6 Å². The Labute approximate surface area is 161 Å². The summed E-state index contributed by atoms with van der Waals surface area (Å²) in [5.74, 6) is 3.31. The first-order valence-electron chi connectivity index (χ1n) is 9.61. The summed E-state index contributed by atoms with van der Waals surface area (Å²) in [7, 11) is 5.03. The van der Waals surface area contributed by atoms with Gasteiger partial charge in [-0.3, -0.25) is 10.00 Å². The Hall–Kier alpha value is -2.21. The molecule has 148 valence electrons. The third-order valence-corrected chi connectivity index (χ3v) is 5.43. The lowest BCUT2D eigenvalue weighted by atomic mass is 9.89. The van der Waals surface area contributed by atoms with Crippen molar-refractivity contribution in [1.82, 2.24) is 15.1 Å². The number of likely N-dealkylation sites (tertiary alicyclic amines) is 1. The van der Waals surface area contributed by atoms with E-state index in [0.717, 1.165) is 42.4 Å². The molecule has 1 aliphatic rings. The maximum Gasteiger partial charge on any atom is 0.130 e. The Morgan fingerprint density at radius 3 is 2.44 bits per heavy atom. The van der Waals surface area contributed by atoms with Crippen LogP contribution in [0.15, 0.2) is 18.3 Å². The van der Waals surface area contributed by atoms with Crippen LogP contribution in [0.2, 0.25) is 0 Å². The number of aromatic nitrogens is 2. The minimum atomic E-state index is 0.480. The van der Waals surface area contributed by atoms with Crippen LogP contribution in [0.3, 0.4) is 0 Å². The van der Waals surface area contributed by atoms with Crippen molar-refractivity contribution in [3.05, 3.63) is 35.2 Å². The van der Waals surface area contributed by atoms with E-state index in [0.29, 0.717) is 11.8 Å². The van der Waals surface area contributed by atoms with Crippen LogP contribution in [0.25, 0.3) is 0 Å². The van der Waals surface area contributed by atoms with E-state index in [-0.39, 0.29) is 0 Å². The van der Waals surface area contributed by atoms with Crippen molar-refractivity contribution in [2.24, 2.45) is 0 Å². The molecule has 0 aliphatic carbocycles. The van der Waals surface area contributed by atoms with E-state index in [9.17, 15) is 0 Å². The Balaban J connectivity index is 1.81. The van der Waals surface area contributed by atoms with Gasteiger partial charge in [-0.05, 0) is 30.9 Å². The molecule has 0 bridgehead atoms. The van der Waals surface area contributed by atoms with Gasteiger partial charge in [0.25, 0.3) is 0 Å². The maximum atomic E-state index is 5.62. The van der Waals surface area contributed by atoms with Crippen LogP contribution in [0, 0.1) is 0 Å². The van der Waals surface area contributed by atoms with Gasteiger partial charge in [0.05, 0.1) is 33.1 Å². The second-order valence-corrected chi connectivity index (χ2v) is 7.48. The molecule has 0 spiro atoms. The van der Waals surface area contributed by atoms with Crippen LogP contribution in [0.1, 0.15) is 55.3 Å². The zero-order valence-electron chi connectivity index (χ0n) is 17.0. The number of H-pyrrole nitrogens is 1. The largest absolute Gasteiger partial charge is 0.496 e. The Bertz CT molecular complexity index is 732. The molecule has 0 radical (unpaired) electrons. The molecule has 0 amide bonds. The minimum absolute atomic E-state index is 0.480. The van der Waals surface area contributed by atoms with E-state index in [4.69, 9.17) is 14.2 Å². The number of hydrogen-bond donors (Lipinski definition) is 1. The number of rotatable bonds is 7. The van der Waals surface area contributed by atoms with Gasteiger partial charge in [-0.1, -0.05) is 13.8 Å². The number of ether oxygens (including phenoxy) is 3. The summed E-state index contributed by atoms with van der Waals surface area (Å²) in [5.41, 5.74) is 3.69. The smallest absolute Gasteiger partial charge is 0.130 e. The molecule has 1 aromatic carbocycles. The molecule has 2 heterocycles. The molecule has 2 aromatic rings. The first kappa shape index (κ1) is 19.5. The van der Waals surface area contributed by atoms with Gasteiger partial charge in [0.15, 0.2) is 0 Å². The standard InChI is InChI=1S/C21H31N3O3/c1-14(2)17-11-22-23-21(17)15-7-6-8-24(12-15)13-18-19(26-4)9-16(25-3)10-20(18)27-5/h9-11,14-15H,6-8,12-13H2,1-5H3,(H,22,23). The van der Waals surface area contributed by atoms with Gasteiger partial charge in [0.2, 0.25) is 0 Å². The van der Waals surface area contributed by atoms with Crippen molar-refractivity contribution in [3.63, 3.8) is 0 Å². The molecule has 1 saturated heterocycles. The molecule has 1 atom stereocenters. The molecule has 1 unspecified atom stereocenters. The fourth-order valence-electron chi connectivity index (χ4n) is 3.98. The van der Waals surface area contributed by atoms with E-state index in [1.54, 1.807) is 21.3 Å². The number of aromatic amines is 1. The highest BCUT2D eigenvalue weighted by Gasteiger charge is 2.27. The summed E-state index contributed by atoms with van der Waals surface area (Å²) < 4.78 is 16.6. The lowest BCUT2D eigenvalue weighted by Crippen LogP contribution is -2.34. The molecule has 1 aromatic heterocycles. The van der Waals surface area contributed by atoms with E-state index in [2.05, 4.69) is 28.9 Å². The lowest BCUT2D eigenvalue weighted by Gasteiger charge is -2.33. The van der Waals surface area contributed by atoms with E-state index >= 15 is 0 Å². The van der Waals surface area contributed by atoms with Crippen LogP contribution in [-0.2, 0) is 6.54 Å². The Morgan fingerprint density at radius 1 is 1.15 bits per heavy atom. The molecule has 1 aliphatic heterocycles. The fourth-order valence-corrected chi connectivity index (χ4v) is 3.98. The molecule has 6 heteroatoms. The number of benzene rings is 1. The highest BCUT2D eigenvalue weighted by atomic mass is 16.5. The molecule has 1 N–H and O–H groups in total. The van der Waals surface area contributed by atoms with Gasteiger partial charge in [0, 0.05) is 36.8 Å². The van der Waals surface area contributed by atoms with Gasteiger partial charge in [-0.15, -0.1) is 0 Å². The van der Waals surface area contributed by atoms with Crippen molar-refractivity contribution in [1.29, 1.82) is 0 Å². The number of nitrogens with zero attached hydrogens (tertiary/aromatic N) is 2. The van der Waals surface area contributed by atoms with Gasteiger partial charge >= 0.3 is 0 Å². The third kappa shape index (κ3) is 4.21. The van der Waals surface area contributed by atoms with Gasteiger partial charge in [0.1, 0.15) is 17.2 Å². The van der Waals surface area contributed by atoms with Gasteiger partial charge in [-0.25, -0.2) is 0 Å². The van der Waals surface area contributed by atoms with Crippen molar-refractivity contribution < 1.29 is 14.2 Å². The first-order valence-corrected chi connectivity index (χ1v) is 9.61. The number of piperidine rings is 1. The highest BCUT2D eigenvalue weighted by molar-refractivity contribution is 5.50. The number of nitrogens with one attached hydrogen (secondary N) is 1. The summed E-state index contributed by atoms with van der Waals surface area (Å²) in [6, 6.07) is 3.84. The molecule has 3 rings (SSSR count). The third-order valence-electron chi connectivity index (χ3n) is 5.43. The zero-order valence-corrected chi connectivity index (χ0v) is 17.0. The summed E-state index contributed by atoms with van der Waals surface area (Å²) in [6.07, 6.45) is 4.34. The van der Waals surface area contributed by atoms with Crippen LogP contribution in [0.5, 0.6) is 17.2 Å². The summed E-state index contributed by atoms with van der Waals surface area (Å²) in [6.45, 7) is 7.31. The number of hydrogen-bond acceptors (Lipinski definition) is 5. The number of methoxy groups -OCH3 is 3. The monoisotopic (exact) mass is 373 g/mol. The predicted molar refractivity (Wildman–Crippen MR) is 106 cm³/mol. The molecule has 27 heavy (non-hydrogen) atoms. The van der Waals surface area contributed by atoms with Crippen molar-refractivity contribution in [2.75, 3.05) is 34.4 Å². The molecule has 1 fully saturated rings. The molecular weight excluding hydrogens is 342 g/mol. The Kier molecular flexibility index (Phi) is 6.26. The van der Waals surface area contributed by atoms with Crippen LogP contribution in [-0.4, -0.2) is 49.5 Å². The van der Waals surface area contributed by atoms with Crippen LogP contribution in [0.4, 0.5) is 0 Å². The predicted octanol–water partition coefficient (Wildman–Crippen LogP) is 3.94. The normalized spacial score (nSPS) is 17.9. The SMILES string of the molecule is COc1cc(OC)c(CN2CCCC(c3[nH]ncc3C(C)C)C2)c(OC)c1. The zero-order chi connectivity index (χ0) is 19.4. The fraction of sp³-hybridized carbons (Fsp3) is 0.571. The van der Waals surface area contributed by atoms with Gasteiger partial charge in [-0.2, -0.15) is 5.10 Å². The average Bonchev–Trinajstić information content (AvgIpc) is 3.18. The first-order chi connectivity index (χ1) is 13.1. The molecule has 6 nitrogen and oxygen atoms in total. The summed E-state index contributed by atoms with van der Waals surface area (Å²) >= 11 is 0. The second-order valence-electron chi connectivity index (χ2n) is 7.48. The van der Waals surface area contributed by atoms with Crippen molar-refractivity contribution in [3.8, 4) is 17.2 Å². The summed E-state index contributed by atoms with van der Waals surface area (Å²) in [4.78, 5) is 2.48. The van der Waals surface area contributed by atoms with E-state index in [1.165, 1.54) is 24.1 Å². The minimum Gasteiger partial charge on any atom is -0.496 e. The van der Waals surface area contributed by atoms with Crippen molar-refractivity contribution >= 4 is 0 Å². The average molecular weight is 373 g/mol. The van der Waals surface area contributed by atoms with E-state index < -0.39 is 0 Å². The van der Waals surface area contributed by atoms with Crippen LogP contribution < -0.4 is 14.2 Å². The molecule has 0 saturated carbocycles. The van der Waals surface area contributed by atoms with Gasteiger partial charge < -0.3 is 14.2 Å². The maximum absolute atomic E-state index is 5.62. The highest BCUT2D eigenvalue weighted by Crippen LogP contribution is 2.37. The quantitative estimate of drug-likeness (QED) is 0.797. The second kappa shape index (κ2) is 8.65. The Morgan fingerprint density at radius 2 is 1.85 bits per heavy atom.